The minimum Gasteiger partial charge on any atom is -0.497 e. The number of unbranched alkanes of at least 4 members (excludes halogenated alkanes) is 1. The molecule has 0 atom stereocenters. The van der Waals surface area contributed by atoms with Gasteiger partial charge < -0.3 is 14.2 Å². The Morgan fingerprint density at radius 3 is 2.35 bits per heavy atom. The van der Waals surface area contributed by atoms with Crippen LogP contribution in [-0.2, 0) is 16.1 Å². The maximum Gasteiger partial charge on any atom is 0.271 e. The van der Waals surface area contributed by atoms with Crippen LogP contribution < -0.4 is 14.2 Å². The van der Waals surface area contributed by atoms with Crippen molar-refractivity contribution in [2.75, 3.05) is 20.8 Å². The zero-order valence-electron chi connectivity index (χ0n) is 19.9. The lowest BCUT2D eigenvalue weighted by Gasteiger charge is -2.27. The number of amides is 2. The molecule has 0 saturated carbocycles. The normalized spacial score (nSPS) is 14.9. The topological polar surface area (TPSA) is 88.9 Å². The molecule has 1 aliphatic heterocycles. The number of methoxy groups -OCH3 is 2. The van der Waals surface area contributed by atoms with Crippen LogP contribution in [0.25, 0.3) is 6.08 Å². The molecule has 0 aliphatic carbocycles. The van der Waals surface area contributed by atoms with Crippen molar-refractivity contribution in [2.45, 2.75) is 33.2 Å². The summed E-state index contributed by atoms with van der Waals surface area (Å²) < 4.78 is 16.4. The second-order valence-corrected chi connectivity index (χ2v) is 7.83. The molecule has 7 nitrogen and oxygen atoms in total. The molecular formula is C27H28N2O5. The number of benzene rings is 2. The van der Waals surface area contributed by atoms with Gasteiger partial charge in [0.2, 0.25) is 0 Å². The van der Waals surface area contributed by atoms with Gasteiger partial charge in [-0.3, -0.25) is 14.5 Å². The molecule has 0 bridgehead atoms. The van der Waals surface area contributed by atoms with Crippen molar-refractivity contribution in [3.05, 3.63) is 70.3 Å². The maximum atomic E-state index is 13.3. The molecule has 0 aromatic heterocycles. The predicted octanol–water partition coefficient (Wildman–Crippen LogP) is 4.68. The van der Waals surface area contributed by atoms with Gasteiger partial charge >= 0.3 is 0 Å². The molecule has 1 aliphatic rings. The van der Waals surface area contributed by atoms with Gasteiger partial charge in [-0.2, -0.15) is 5.26 Å². The van der Waals surface area contributed by atoms with Crippen LogP contribution in [0.5, 0.6) is 17.2 Å². The highest BCUT2D eigenvalue weighted by molar-refractivity contribution is 6.19. The van der Waals surface area contributed by atoms with Gasteiger partial charge in [0.15, 0.2) is 11.5 Å². The van der Waals surface area contributed by atoms with Gasteiger partial charge in [-0.15, -0.1) is 0 Å². The monoisotopic (exact) mass is 460 g/mol. The first-order valence-electron chi connectivity index (χ1n) is 11.1. The summed E-state index contributed by atoms with van der Waals surface area (Å²) >= 11 is 0. The van der Waals surface area contributed by atoms with Crippen LogP contribution in [0.3, 0.4) is 0 Å². The average Bonchev–Trinajstić information content (AvgIpc) is 2.86. The van der Waals surface area contributed by atoms with Crippen molar-refractivity contribution in [1.82, 2.24) is 4.90 Å². The molecule has 0 fully saturated rings. The van der Waals surface area contributed by atoms with Crippen molar-refractivity contribution < 1.29 is 23.8 Å². The molecule has 0 radical (unpaired) electrons. The van der Waals surface area contributed by atoms with Crippen LogP contribution in [0.4, 0.5) is 0 Å². The van der Waals surface area contributed by atoms with E-state index >= 15 is 0 Å². The first-order valence-corrected chi connectivity index (χ1v) is 11.1. The minimum atomic E-state index is -0.602. The second kappa shape index (κ2) is 11.2. The summed E-state index contributed by atoms with van der Waals surface area (Å²) in [6.45, 7) is 4.34. The van der Waals surface area contributed by atoms with Gasteiger partial charge in [-0.25, -0.2) is 0 Å². The lowest BCUT2D eigenvalue weighted by molar-refractivity contribution is -0.141. The van der Waals surface area contributed by atoms with E-state index in [1.165, 1.54) is 0 Å². The van der Waals surface area contributed by atoms with Crippen LogP contribution in [-0.4, -0.2) is 37.5 Å². The standard InChI is InChI=1S/C27H28N2O5/c1-5-6-13-34-24-12-9-20(15-25(24)33-4)14-22-18(2)23(16-28)27(31)29(26(22)30)17-19-7-10-21(32-3)11-8-19/h7-12,14-15H,5-6,13,17H2,1-4H3/b22-14+. The third kappa shape index (κ3) is 5.29. The van der Waals surface area contributed by atoms with Crippen molar-refractivity contribution in [3.63, 3.8) is 0 Å². The first-order chi connectivity index (χ1) is 16.4. The highest BCUT2D eigenvalue weighted by Gasteiger charge is 2.35. The number of carbonyl (C=O) groups excluding carboxylic acids is 2. The van der Waals surface area contributed by atoms with Crippen molar-refractivity contribution in [1.29, 1.82) is 5.26 Å². The lowest BCUT2D eigenvalue weighted by Crippen LogP contribution is -2.42. The Bertz CT molecular complexity index is 1170. The Morgan fingerprint density at radius 1 is 1.00 bits per heavy atom. The van der Waals surface area contributed by atoms with Crippen LogP contribution in [0.15, 0.2) is 59.2 Å². The summed E-state index contributed by atoms with van der Waals surface area (Å²) in [6.07, 6.45) is 3.62. The number of hydrogen-bond acceptors (Lipinski definition) is 6. The van der Waals surface area contributed by atoms with Crippen LogP contribution in [0.2, 0.25) is 0 Å². The molecule has 2 aromatic carbocycles. The molecule has 1 heterocycles. The van der Waals surface area contributed by atoms with Crippen LogP contribution in [0, 0.1) is 11.3 Å². The fourth-order valence-electron chi connectivity index (χ4n) is 3.57. The van der Waals surface area contributed by atoms with Crippen LogP contribution >= 0.6 is 0 Å². The van der Waals surface area contributed by atoms with E-state index in [1.807, 2.05) is 12.1 Å². The number of nitriles is 1. The van der Waals surface area contributed by atoms with E-state index in [-0.39, 0.29) is 17.7 Å². The van der Waals surface area contributed by atoms with Gasteiger partial charge in [0.1, 0.15) is 17.4 Å². The zero-order valence-corrected chi connectivity index (χ0v) is 19.9. The van der Waals surface area contributed by atoms with Crippen LogP contribution in [0.1, 0.15) is 37.8 Å². The van der Waals surface area contributed by atoms with Crippen molar-refractivity contribution in [3.8, 4) is 23.3 Å². The van der Waals surface area contributed by atoms with E-state index < -0.39 is 11.8 Å². The van der Waals surface area contributed by atoms with E-state index in [9.17, 15) is 14.9 Å². The number of nitrogens with zero attached hydrogens (tertiary/aromatic N) is 2. The Morgan fingerprint density at radius 2 is 1.74 bits per heavy atom. The third-order valence-corrected chi connectivity index (χ3v) is 5.58. The molecule has 2 amide bonds. The second-order valence-electron chi connectivity index (χ2n) is 7.83. The van der Waals surface area contributed by atoms with Gasteiger partial charge in [0.25, 0.3) is 11.8 Å². The number of rotatable bonds is 9. The Kier molecular flexibility index (Phi) is 8.10. The summed E-state index contributed by atoms with van der Waals surface area (Å²) in [5.41, 5.74) is 2.02. The fourth-order valence-corrected chi connectivity index (χ4v) is 3.57. The highest BCUT2D eigenvalue weighted by atomic mass is 16.5. The van der Waals surface area contributed by atoms with E-state index in [4.69, 9.17) is 14.2 Å². The third-order valence-electron chi connectivity index (χ3n) is 5.58. The number of carbonyl (C=O) groups is 2. The SMILES string of the molecule is CCCCOc1ccc(/C=C2/C(=O)N(Cc3ccc(OC)cc3)C(=O)C(C#N)=C2C)cc1OC. The van der Waals surface area contributed by atoms with E-state index in [1.54, 1.807) is 63.6 Å². The molecule has 34 heavy (non-hydrogen) atoms. The first kappa shape index (κ1) is 24.6. The van der Waals surface area contributed by atoms with Crippen molar-refractivity contribution >= 4 is 17.9 Å². The molecule has 7 heteroatoms. The van der Waals surface area contributed by atoms with E-state index in [0.29, 0.717) is 35.0 Å². The van der Waals surface area contributed by atoms with E-state index in [0.717, 1.165) is 23.3 Å². The highest BCUT2D eigenvalue weighted by Crippen LogP contribution is 2.32. The Balaban J connectivity index is 1.95. The maximum absolute atomic E-state index is 13.3. The zero-order chi connectivity index (χ0) is 24.7. The minimum absolute atomic E-state index is 0.0466. The van der Waals surface area contributed by atoms with Gasteiger partial charge in [-0.05, 0) is 60.4 Å². The molecule has 0 N–H and O–H groups in total. The fraction of sp³-hybridized carbons (Fsp3) is 0.296. The van der Waals surface area contributed by atoms with Gasteiger partial charge in [-0.1, -0.05) is 31.5 Å². The largest absolute Gasteiger partial charge is 0.497 e. The van der Waals surface area contributed by atoms with Gasteiger partial charge in [0, 0.05) is 5.57 Å². The summed E-state index contributed by atoms with van der Waals surface area (Å²) in [6, 6.07) is 14.4. The molecule has 176 valence electrons. The number of hydrogen-bond donors (Lipinski definition) is 0. The molecule has 0 spiro atoms. The smallest absolute Gasteiger partial charge is 0.271 e. The average molecular weight is 461 g/mol. The quantitative estimate of drug-likeness (QED) is 0.307. The summed E-state index contributed by atoms with van der Waals surface area (Å²) in [4.78, 5) is 27.4. The van der Waals surface area contributed by atoms with Gasteiger partial charge in [0.05, 0.1) is 27.4 Å². The summed E-state index contributed by atoms with van der Waals surface area (Å²) in [7, 11) is 3.12. The molecule has 3 rings (SSSR count). The molecule has 0 saturated heterocycles. The summed E-state index contributed by atoms with van der Waals surface area (Å²) in [5.74, 6) is 0.774. The number of imide groups is 1. The van der Waals surface area contributed by atoms with E-state index in [2.05, 4.69) is 6.92 Å². The predicted molar refractivity (Wildman–Crippen MR) is 128 cm³/mol. The summed E-state index contributed by atoms with van der Waals surface area (Å²) in [5, 5.41) is 9.63. The van der Waals surface area contributed by atoms with Crippen molar-refractivity contribution in [2.24, 2.45) is 0 Å². The molecule has 2 aromatic rings. The molecule has 0 unspecified atom stereocenters. The lowest BCUT2D eigenvalue weighted by atomic mass is 9.93. The Hall–Kier alpha value is -4.05. The Labute approximate surface area is 199 Å². The number of ether oxygens (including phenoxy) is 3. The molecular weight excluding hydrogens is 432 g/mol.